The summed E-state index contributed by atoms with van der Waals surface area (Å²) in [6.45, 7) is 13.3. The highest BCUT2D eigenvalue weighted by Crippen LogP contribution is 2.32. The van der Waals surface area contributed by atoms with Gasteiger partial charge in [-0.15, -0.1) is 10.2 Å². The van der Waals surface area contributed by atoms with Crippen LogP contribution in [0.25, 0.3) is 10.6 Å². The van der Waals surface area contributed by atoms with Crippen molar-refractivity contribution in [1.29, 1.82) is 0 Å². The number of alkyl carbamates (subject to hydrolysis) is 1. The number of carbonyl (C=O) groups excluding carboxylic acids is 1. The zero-order valence-corrected chi connectivity index (χ0v) is 19.0. The molecule has 7 nitrogen and oxygen atoms in total. The van der Waals surface area contributed by atoms with E-state index in [1.54, 1.807) is 11.3 Å². The van der Waals surface area contributed by atoms with Gasteiger partial charge in [0.25, 0.3) is 0 Å². The molecule has 0 aliphatic carbocycles. The summed E-state index contributed by atoms with van der Waals surface area (Å²) in [4.78, 5) is 11.7. The van der Waals surface area contributed by atoms with Crippen LogP contribution in [-0.4, -0.2) is 41.6 Å². The summed E-state index contributed by atoms with van der Waals surface area (Å²) in [7, 11) is 0. The smallest absolute Gasteiger partial charge is 0.407 e. The lowest BCUT2D eigenvalue weighted by atomic mass is 10.1. The Morgan fingerprint density at radius 1 is 1.14 bits per heavy atom. The molecule has 29 heavy (non-hydrogen) atoms. The zero-order chi connectivity index (χ0) is 21.4. The SMILES string of the molecule is CCCCNc1nnc(-c2cc(C)c(OCCNC(=O)OC(C)(C)C)c(C)c2)s1. The van der Waals surface area contributed by atoms with Crippen LogP contribution >= 0.6 is 11.3 Å². The van der Waals surface area contributed by atoms with Crippen molar-refractivity contribution < 1.29 is 14.3 Å². The van der Waals surface area contributed by atoms with Gasteiger partial charge in [-0.25, -0.2) is 4.79 Å². The second-order valence-corrected chi connectivity index (χ2v) is 8.89. The average Bonchev–Trinajstić information content (AvgIpc) is 3.08. The van der Waals surface area contributed by atoms with Gasteiger partial charge in [0.1, 0.15) is 23.0 Å². The second-order valence-electron chi connectivity index (χ2n) is 7.91. The molecule has 0 saturated carbocycles. The summed E-state index contributed by atoms with van der Waals surface area (Å²) in [5.74, 6) is 0.825. The highest BCUT2D eigenvalue weighted by atomic mass is 32.1. The van der Waals surface area contributed by atoms with Crippen molar-refractivity contribution >= 4 is 22.6 Å². The molecule has 8 heteroatoms. The molecule has 0 unspecified atom stereocenters. The predicted molar refractivity (Wildman–Crippen MR) is 118 cm³/mol. The van der Waals surface area contributed by atoms with E-state index in [9.17, 15) is 4.79 Å². The Hall–Kier alpha value is -2.35. The van der Waals surface area contributed by atoms with Crippen LogP contribution < -0.4 is 15.4 Å². The van der Waals surface area contributed by atoms with Gasteiger partial charge >= 0.3 is 6.09 Å². The number of rotatable bonds is 9. The minimum absolute atomic E-state index is 0.366. The molecule has 1 heterocycles. The zero-order valence-electron chi connectivity index (χ0n) is 18.2. The summed E-state index contributed by atoms with van der Waals surface area (Å²) < 4.78 is 11.1. The maximum Gasteiger partial charge on any atom is 0.407 e. The van der Waals surface area contributed by atoms with Crippen molar-refractivity contribution in [2.75, 3.05) is 25.0 Å². The number of nitrogens with zero attached hydrogens (tertiary/aromatic N) is 2. The number of ether oxygens (including phenoxy) is 2. The number of amides is 1. The summed E-state index contributed by atoms with van der Waals surface area (Å²) in [5.41, 5.74) is 2.56. The number of benzene rings is 1. The number of carbonyl (C=O) groups is 1. The Kier molecular flexibility index (Phi) is 8.25. The van der Waals surface area contributed by atoms with Gasteiger partial charge in [0, 0.05) is 12.1 Å². The van der Waals surface area contributed by atoms with E-state index in [1.807, 2.05) is 34.6 Å². The van der Waals surface area contributed by atoms with Crippen LogP contribution in [0.2, 0.25) is 0 Å². The summed E-state index contributed by atoms with van der Waals surface area (Å²) >= 11 is 1.55. The molecule has 0 radical (unpaired) electrons. The summed E-state index contributed by atoms with van der Waals surface area (Å²) in [6.07, 6.45) is 1.82. The molecule has 2 N–H and O–H groups in total. The Bertz CT molecular complexity index is 791. The van der Waals surface area contributed by atoms with E-state index in [1.165, 1.54) is 0 Å². The molecule has 0 saturated heterocycles. The van der Waals surface area contributed by atoms with Crippen molar-refractivity contribution in [2.24, 2.45) is 0 Å². The predicted octanol–water partition coefficient (Wildman–Crippen LogP) is 4.94. The Labute approximate surface area is 177 Å². The molecule has 1 amide bonds. The maximum absolute atomic E-state index is 11.7. The van der Waals surface area contributed by atoms with Crippen LogP contribution in [0.3, 0.4) is 0 Å². The van der Waals surface area contributed by atoms with E-state index in [4.69, 9.17) is 9.47 Å². The van der Waals surface area contributed by atoms with Gasteiger partial charge in [0.2, 0.25) is 5.13 Å². The molecular formula is C21H32N4O3S. The first-order valence-electron chi connectivity index (χ1n) is 9.98. The standard InChI is InChI=1S/C21H32N4O3S/c1-7-8-9-22-19-25-24-18(29-19)16-12-14(2)17(15(3)13-16)27-11-10-23-20(26)28-21(4,5)6/h12-13H,7-11H2,1-6H3,(H,22,25)(H,23,26). The van der Waals surface area contributed by atoms with Crippen molar-refractivity contribution in [3.8, 4) is 16.3 Å². The largest absolute Gasteiger partial charge is 0.491 e. The number of aromatic nitrogens is 2. The number of unbranched alkanes of at least 4 members (excludes halogenated alkanes) is 1. The van der Waals surface area contributed by atoms with Gasteiger partial charge in [0.05, 0.1) is 6.54 Å². The third kappa shape index (κ3) is 7.53. The number of hydrogen-bond acceptors (Lipinski definition) is 7. The first kappa shape index (κ1) is 22.9. The van der Waals surface area contributed by atoms with Gasteiger partial charge in [-0.05, 0) is 64.3 Å². The highest BCUT2D eigenvalue weighted by Gasteiger charge is 2.16. The molecule has 160 valence electrons. The lowest BCUT2D eigenvalue weighted by molar-refractivity contribution is 0.0520. The van der Waals surface area contributed by atoms with Crippen molar-refractivity contribution in [1.82, 2.24) is 15.5 Å². The fourth-order valence-corrected chi connectivity index (χ4v) is 3.46. The van der Waals surface area contributed by atoms with Crippen molar-refractivity contribution in [2.45, 2.75) is 60.0 Å². The van der Waals surface area contributed by atoms with E-state index in [0.29, 0.717) is 13.2 Å². The normalized spacial score (nSPS) is 11.2. The van der Waals surface area contributed by atoms with Crippen LogP contribution in [-0.2, 0) is 4.74 Å². The van der Waals surface area contributed by atoms with Gasteiger partial charge < -0.3 is 20.1 Å². The van der Waals surface area contributed by atoms with E-state index >= 15 is 0 Å². The molecule has 0 bridgehead atoms. The summed E-state index contributed by atoms with van der Waals surface area (Å²) in [5, 5.41) is 16.3. The molecule has 1 aromatic carbocycles. The minimum Gasteiger partial charge on any atom is -0.491 e. The fraction of sp³-hybridized carbons (Fsp3) is 0.571. The minimum atomic E-state index is -0.510. The Morgan fingerprint density at radius 3 is 2.45 bits per heavy atom. The van der Waals surface area contributed by atoms with Crippen molar-refractivity contribution in [3.05, 3.63) is 23.3 Å². The number of anilines is 1. The van der Waals surface area contributed by atoms with E-state index in [2.05, 4.69) is 39.9 Å². The van der Waals surface area contributed by atoms with Crippen molar-refractivity contribution in [3.63, 3.8) is 0 Å². The molecule has 0 aliphatic heterocycles. The Balaban J connectivity index is 1.93. The number of hydrogen-bond donors (Lipinski definition) is 2. The third-order valence-electron chi connectivity index (χ3n) is 3.96. The monoisotopic (exact) mass is 420 g/mol. The van der Waals surface area contributed by atoms with Crippen LogP contribution in [0.1, 0.15) is 51.7 Å². The van der Waals surface area contributed by atoms with Crippen LogP contribution in [0.5, 0.6) is 5.75 Å². The number of nitrogens with one attached hydrogen (secondary N) is 2. The molecule has 0 aliphatic rings. The van der Waals surface area contributed by atoms with Crippen LogP contribution in [0.15, 0.2) is 12.1 Å². The van der Waals surface area contributed by atoms with Crippen LogP contribution in [0, 0.1) is 13.8 Å². The maximum atomic E-state index is 11.7. The highest BCUT2D eigenvalue weighted by molar-refractivity contribution is 7.18. The molecule has 1 aromatic heterocycles. The first-order valence-corrected chi connectivity index (χ1v) is 10.8. The first-order chi connectivity index (χ1) is 13.7. The van der Waals surface area contributed by atoms with Gasteiger partial charge in [-0.2, -0.15) is 0 Å². The van der Waals surface area contributed by atoms with Gasteiger partial charge in [-0.3, -0.25) is 0 Å². The molecule has 0 fully saturated rings. The second kappa shape index (κ2) is 10.4. The third-order valence-corrected chi connectivity index (χ3v) is 4.89. The number of aryl methyl sites for hydroxylation is 2. The Morgan fingerprint density at radius 2 is 1.83 bits per heavy atom. The molecule has 0 spiro atoms. The lowest BCUT2D eigenvalue weighted by Gasteiger charge is -2.20. The molecule has 2 rings (SSSR count). The van der Waals surface area contributed by atoms with Crippen LogP contribution in [0.4, 0.5) is 9.93 Å². The lowest BCUT2D eigenvalue weighted by Crippen LogP contribution is -2.34. The van der Waals surface area contributed by atoms with Gasteiger partial charge in [0.15, 0.2) is 0 Å². The van der Waals surface area contributed by atoms with E-state index < -0.39 is 11.7 Å². The van der Waals surface area contributed by atoms with E-state index in [-0.39, 0.29) is 0 Å². The average molecular weight is 421 g/mol. The molecule has 2 aromatic rings. The van der Waals surface area contributed by atoms with E-state index in [0.717, 1.165) is 52.0 Å². The molecular weight excluding hydrogens is 388 g/mol. The topological polar surface area (TPSA) is 85.4 Å². The quantitative estimate of drug-likeness (QED) is 0.559. The van der Waals surface area contributed by atoms with Gasteiger partial charge in [-0.1, -0.05) is 24.7 Å². The summed E-state index contributed by atoms with van der Waals surface area (Å²) in [6, 6.07) is 4.11. The fourth-order valence-electron chi connectivity index (χ4n) is 2.71. The molecule has 0 atom stereocenters.